The molecule has 2 aromatic carbocycles. The third-order valence-corrected chi connectivity index (χ3v) is 3.91. The summed E-state index contributed by atoms with van der Waals surface area (Å²) in [5, 5.41) is 0. The van der Waals surface area contributed by atoms with Crippen LogP contribution in [0.25, 0.3) is 0 Å². The predicted octanol–water partition coefficient (Wildman–Crippen LogP) is 4.50. The maximum absolute atomic E-state index is 13.6. The Kier molecular flexibility index (Phi) is 4.90. The summed E-state index contributed by atoms with van der Waals surface area (Å²) >= 11 is 0.965. The molecule has 0 spiro atoms. The topological polar surface area (TPSA) is 26.0 Å². The van der Waals surface area contributed by atoms with Crippen molar-refractivity contribution in [3.63, 3.8) is 0 Å². The van der Waals surface area contributed by atoms with Gasteiger partial charge in [0.25, 0.3) is 0 Å². The normalized spacial score (nSPS) is 11.7. The summed E-state index contributed by atoms with van der Waals surface area (Å²) in [4.78, 5) is 0.630. The van der Waals surface area contributed by atoms with Crippen LogP contribution in [0.1, 0.15) is 11.1 Å². The fourth-order valence-corrected chi connectivity index (χ4v) is 2.79. The lowest BCUT2D eigenvalue weighted by Crippen LogP contribution is -2.12. The number of benzene rings is 2. The van der Waals surface area contributed by atoms with Gasteiger partial charge in [0, 0.05) is 9.79 Å². The average Bonchev–Trinajstić information content (AvgIpc) is 2.42. The smallest absolute Gasteiger partial charge is 0.330 e. The molecule has 0 heterocycles. The third kappa shape index (κ3) is 3.98. The second-order valence-electron chi connectivity index (χ2n) is 4.39. The van der Waals surface area contributed by atoms with E-state index in [9.17, 15) is 17.6 Å². The van der Waals surface area contributed by atoms with Crippen LogP contribution in [-0.2, 0) is 12.6 Å². The molecular weight excluding hydrogens is 302 g/mol. The molecule has 0 amide bonds. The Bertz CT molecular complexity index is 625. The number of alkyl halides is 3. The van der Waals surface area contributed by atoms with Crippen LogP contribution in [0.4, 0.5) is 17.6 Å². The Hall–Kier alpha value is -1.53. The van der Waals surface area contributed by atoms with Crippen molar-refractivity contribution in [2.75, 3.05) is 6.54 Å². The minimum absolute atomic E-state index is 0.142. The number of rotatable bonds is 4. The first kappa shape index (κ1) is 15.9. The average molecular weight is 315 g/mol. The Morgan fingerprint density at radius 3 is 2.38 bits per heavy atom. The first-order chi connectivity index (χ1) is 9.91. The van der Waals surface area contributed by atoms with Crippen LogP contribution in [0.15, 0.2) is 52.3 Å². The Morgan fingerprint density at radius 1 is 1.05 bits per heavy atom. The van der Waals surface area contributed by atoms with Crippen molar-refractivity contribution < 1.29 is 17.6 Å². The van der Waals surface area contributed by atoms with Gasteiger partial charge in [0.1, 0.15) is 5.82 Å². The molecule has 0 atom stereocenters. The summed E-state index contributed by atoms with van der Waals surface area (Å²) in [6.45, 7) is 0.142. The molecule has 21 heavy (non-hydrogen) atoms. The van der Waals surface area contributed by atoms with Gasteiger partial charge in [0.05, 0.1) is 5.56 Å². The zero-order chi connectivity index (χ0) is 15.5. The molecule has 0 bridgehead atoms. The van der Waals surface area contributed by atoms with Crippen LogP contribution >= 0.6 is 11.8 Å². The van der Waals surface area contributed by atoms with Gasteiger partial charge < -0.3 is 5.73 Å². The number of hydrogen-bond acceptors (Lipinski definition) is 2. The molecule has 112 valence electrons. The van der Waals surface area contributed by atoms with Gasteiger partial charge in [-0.3, -0.25) is 0 Å². The summed E-state index contributed by atoms with van der Waals surface area (Å²) in [7, 11) is 0. The van der Waals surface area contributed by atoms with Gasteiger partial charge >= 0.3 is 6.18 Å². The van der Waals surface area contributed by atoms with E-state index in [2.05, 4.69) is 0 Å². The van der Waals surface area contributed by atoms with Gasteiger partial charge in [-0.15, -0.1) is 0 Å². The van der Waals surface area contributed by atoms with Crippen LogP contribution in [0, 0.1) is 5.82 Å². The van der Waals surface area contributed by atoms with Gasteiger partial charge in [-0.2, -0.15) is 13.2 Å². The lowest BCUT2D eigenvalue weighted by molar-refractivity contribution is -0.138. The third-order valence-electron chi connectivity index (χ3n) is 2.86. The van der Waals surface area contributed by atoms with Crippen LogP contribution in [-0.4, -0.2) is 6.54 Å². The van der Waals surface area contributed by atoms with Crippen molar-refractivity contribution >= 4 is 11.8 Å². The summed E-state index contributed by atoms with van der Waals surface area (Å²) < 4.78 is 52.7. The van der Waals surface area contributed by atoms with Gasteiger partial charge in [0.15, 0.2) is 0 Å². The number of halogens is 4. The highest BCUT2D eigenvalue weighted by Gasteiger charge is 2.33. The molecule has 0 unspecified atom stereocenters. The molecule has 0 radical (unpaired) electrons. The molecule has 0 saturated heterocycles. The summed E-state index contributed by atoms with van der Waals surface area (Å²) in [5.41, 5.74) is 4.77. The van der Waals surface area contributed by atoms with Crippen molar-refractivity contribution in [3.8, 4) is 0 Å². The molecule has 2 N–H and O–H groups in total. The Morgan fingerprint density at radius 2 is 1.76 bits per heavy atom. The van der Waals surface area contributed by atoms with Gasteiger partial charge in [0.2, 0.25) is 0 Å². The lowest BCUT2D eigenvalue weighted by Gasteiger charge is -2.14. The minimum atomic E-state index is -4.45. The Balaban J connectivity index is 2.36. The van der Waals surface area contributed by atoms with Crippen molar-refractivity contribution in [3.05, 3.63) is 59.4 Å². The molecule has 0 saturated carbocycles. The van der Waals surface area contributed by atoms with Gasteiger partial charge in [-0.05, 0) is 42.8 Å². The first-order valence-corrected chi connectivity index (χ1v) is 7.06. The molecule has 1 nitrogen and oxygen atoms in total. The van der Waals surface area contributed by atoms with E-state index in [1.165, 1.54) is 24.3 Å². The standard InChI is InChI=1S/C15H13F4NS/c16-13-3-1-2-4-14(13)21-11-6-5-10(7-8-20)12(9-11)15(17,18)19/h1-6,9H,7-8,20H2. The van der Waals surface area contributed by atoms with Crippen molar-refractivity contribution in [2.45, 2.75) is 22.4 Å². The number of hydrogen-bond donors (Lipinski definition) is 1. The van der Waals surface area contributed by atoms with E-state index in [4.69, 9.17) is 5.73 Å². The molecule has 0 aromatic heterocycles. The van der Waals surface area contributed by atoms with E-state index < -0.39 is 17.6 Å². The Labute approximate surface area is 124 Å². The highest BCUT2D eigenvalue weighted by atomic mass is 32.2. The minimum Gasteiger partial charge on any atom is -0.330 e. The van der Waals surface area contributed by atoms with Crippen molar-refractivity contribution in [1.82, 2.24) is 0 Å². The van der Waals surface area contributed by atoms with Crippen LogP contribution in [0.5, 0.6) is 0 Å². The lowest BCUT2D eigenvalue weighted by atomic mass is 10.0. The molecule has 2 rings (SSSR count). The van der Waals surface area contributed by atoms with Crippen LogP contribution in [0.2, 0.25) is 0 Å². The summed E-state index contributed by atoms with van der Waals surface area (Å²) in [6, 6.07) is 9.97. The largest absolute Gasteiger partial charge is 0.416 e. The highest BCUT2D eigenvalue weighted by Crippen LogP contribution is 2.37. The summed E-state index contributed by atoms with van der Waals surface area (Å²) in [6.07, 6.45) is -4.30. The fraction of sp³-hybridized carbons (Fsp3) is 0.200. The number of nitrogens with two attached hydrogens (primary N) is 1. The SMILES string of the molecule is NCCc1ccc(Sc2ccccc2F)cc1C(F)(F)F. The van der Waals surface area contributed by atoms with Crippen LogP contribution < -0.4 is 5.73 Å². The second kappa shape index (κ2) is 6.49. The zero-order valence-corrected chi connectivity index (χ0v) is 11.8. The maximum atomic E-state index is 13.6. The van der Waals surface area contributed by atoms with Crippen LogP contribution in [0.3, 0.4) is 0 Å². The second-order valence-corrected chi connectivity index (χ2v) is 5.50. The van der Waals surface area contributed by atoms with Crippen molar-refractivity contribution in [2.24, 2.45) is 5.73 Å². The fourth-order valence-electron chi connectivity index (χ4n) is 1.91. The predicted molar refractivity (Wildman–Crippen MR) is 74.7 cm³/mol. The maximum Gasteiger partial charge on any atom is 0.416 e. The van der Waals surface area contributed by atoms with E-state index in [0.717, 1.165) is 17.8 Å². The molecular formula is C15H13F4NS. The molecule has 2 aromatic rings. The highest BCUT2D eigenvalue weighted by molar-refractivity contribution is 7.99. The molecule has 6 heteroatoms. The van der Waals surface area contributed by atoms with Gasteiger partial charge in [-0.25, -0.2) is 4.39 Å². The zero-order valence-electron chi connectivity index (χ0n) is 11.0. The van der Waals surface area contributed by atoms with Gasteiger partial charge in [-0.1, -0.05) is 30.0 Å². The van der Waals surface area contributed by atoms with E-state index in [1.807, 2.05) is 0 Å². The summed E-state index contributed by atoms with van der Waals surface area (Å²) in [5.74, 6) is -0.456. The van der Waals surface area contributed by atoms with Crippen molar-refractivity contribution in [1.29, 1.82) is 0 Å². The van der Waals surface area contributed by atoms with E-state index >= 15 is 0 Å². The van der Waals surface area contributed by atoms with E-state index in [0.29, 0.717) is 4.90 Å². The molecule has 0 aliphatic heterocycles. The quantitative estimate of drug-likeness (QED) is 0.841. The monoisotopic (exact) mass is 315 g/mol. The van der Waals surface area contributed by atoms with E-state index in [1.54, 1.807) is 12.1 Å². The molecule has 0 aliphatic carbocycles. The molecule has 0 aliphatic rings. The first-order valence-electron chi connectivity index (χ1n) is 6.24. The van der Waals surface area contributed by atoms with E-state index in [-0.39, 0.29) is 23.4 Å². The molecule has 0 fully saturated rings.